The van der Waals surface area contributed by atoms with E-state index in [1.54, 1.807) is 6.07 Å². The van der Waals surface area contributed by atoms with E-state index in [-0.39, 0.29) is 0 Å². The highest BCUT2D eigenvalue weighted by atomic mass is 35.5. The molecule has 1 aliphatic carbocycles. The van der Waals surface area contributed by atoms with Crippen molar-refractivity contribution in [3.8, 4) is 0 Å². The minimum Gasteiger partial charge on any atom is -0.399 e. The van der Waals surface area contributed by atoms with E-state index >= 15 is 0 Å². The standard InChI is InChI=1S/C12H17ClN2/c1-8-3-2-4-11(8)15-12-6-5-9(14)7-10(12)13/h5-8,11,15H,2-4,14H2,1H3. The number of anilines is 2. The molecule has 2 atom stereocenters. The molecule has 3 N–H and O–H groups in total. The van der Waals surface area contributed by atoms with Crippen molar-refractivity contribution < 1.29 is 0 Å². The van der Waals surface area contributed by atoms with E-state index in [1.807, 2.05) is 12.1 Å². The van der Waals surface area contributed by atoms with E-state index in [0.717, 1.165) is 11.6 Å². The molecule has 1 aromatic rings. The summed E-state index contributed by atoms with van der Waals surface area (Å²) in [6.45, 7) is 2.29. The van der Waals surface area contributed by atoms with Gasteiger partial charge in [0.15, 0.2) is 0 Å². The molecule has 0 heterocycles. The summed E-state index contributed by atoms with van der Waals surface area (Å²) in [6.07, 6.45) is 3.86. The molecule has 15 heavy (non-hydrogen) atoms. The Hall–Kier alpha value is -0.890. The van der Waals surface area contributed by atoms with Crippen molar-refractivity contribution in [1.29, 1.82) is 0 Å². The SMILES string of the molecule is CC1CCCC1Nc1ccc(N)cc1Cl. The van der Waals surface area contributed by atoms with E-state index in [1.165, 1.54) is 19.3 Å². The first-order chi connectivity index (χ1) is 7.16. The molecule has 2 unspecified atom stereocenters. The Kier molecular flexibility index (Phi) is 3.06. The third-order valence-corrected chi connectivity index (χ3v) is 3.51. The second-order valence-corrected chi connectivity index (χ2v) is 4.81. The lowest BCUT2D eigenvalue weighted by Crippen LogP contribution is -2.21. The van der Waals surface area contributed by atoms with Crippen LogP contribution in [-0.4, -0.2) is 6.04 Å². The highest BCUT2D eigenvalue weighted by Crippen LogP contribution is 2.31. The third kappa shape index (κ3) is 2.37. The van der Waals surface area contributed by atoms with Gasteiger partial charge in [-0.3, -0.25) is 0 Å². The van der Waals surface area contributed by atoms with E-state index in [2.05, 4.69) is 12.2 Å². The summed E-state index contributed by atoms with van der Waals surface area (Å²) < 4.78 is 0. The number of benzene rings is 1. The zero-order valence-electron chi connectivity index (χ0n) is 8.96. The minimum atomic E-state index is 0.561. The molecule has 3 heteroatoms. The molecule has 0 bridgehead atoms. The van der Waals surface area contributed by atoms with Gasteiger partial charge in [-0.1, -0.05) is 24.9 Å². The monoisotopic (exact) mass is 224 g/mol. The lowest BCUT2D eigenvalue weighted by molar-refractivity contribution is 0.556. The predicted molar refractivity (Wildman–Crippen MR) is 66.3 cm³/mol. The molecule has 0 amide bonds. The van der Waals surface area contributed by atoms with Crippen LogP contribution in [0.4, 0.5) is 11.4 Å². The van der Waals surface area contributed by atoms with Crippen LogP contribution < -0.4 is 11.1 Å². The number of nitrogens with one attached hydrogen (secondary N) is 1. The van der Waals surface area contributed by atoms with E-state index in [4.69, 9.17) is 17.3 Å². The van der Waals surface area contributed by atoms with Crippen molar-refractivity contribution >= 4 is 23.0 Å². The van der Waals surface area contributed by atoms with Crippen molar-refractivity contribution in [2.75, 3.05) is 11.1 Å². The maximum absolute atomic E-state index is 6.11. The first kappa shape index (κ1) is 10.6. The number of rotatable bonds is 2. The van der Waals surface area contributed by atoms with Gasteiger partial charge in [0, 0.05) is 11.7 Å². The van der Waals surface area contributed by atoms with Crippen LogP contribution in [0.15, 0.2) is 18.2 Å². The quantitative estimate of drug-likeness (QED) is 0.755. The molecule has 1 saturated carbocycles. The molecule has 0 aliphatic heterocycles. The fraction of sp³-hybridized carbons (Fsp3) is 0.500. The topological polar surface area (TPSA) is 38.0 Å². The van der Waals surface area contributed by atoms with Crippen molar-refractivity contribution in [3.63, 3.8) is 0 Å². The van der Waals surface area contributed by atoms with E-state index in [0.29, 0.717) is 16.8 Å². The number of nitrogens with two attached hydrogens (primary N) is 1. The summed E-state index contributed by atoms with van der Waals surface area (Å²) in [5.41, 5.74) is 7.37. The highest BCUT2D eigenvalue weighted by molar-refractivity contribution is 6.33. The summed E-state index contributed by atoms with van der Waals surface area (Å²) in [5, 5.41) is 4.22. The minimum absolute atomic E-state index is 0.561. The van der Waals surface area contributed by atoms with Gasteiger partial charge in [0.05, 0.1) is 10.7 Å². The molecular formula is C12H17ClN2. The smallest absolute Gasteiger partial charge is 0.0658 e. The van der Waals surface area contributed by atoms with Crippen LogP contribution in [-0.2, 0) is 0 Å². The molecule has 0 spiro atoms. The Bertz CT molecular complexity index is 351. The largest absolute Gasteiger partial charge is 0.399 e. The van der Waals surface area contributed by atoms with Gasteiger partial charge in [-0.05, 0) is 37.0 Å². The fourth-order valence-corrected chi connectivity index (χ4v) is 2.45. The van der Waals surface area contributed by atoms with Gasteiger partial charge in [-0.2, -0.15) is 0 Å². The van der Waals surface area contributed by atoms with Gasteiger partial charge in [0.25, 0.3) is 0 Å². The zero-order valence-corrected chi connectivity index (χ0v) is 9.72. The number of hydrogen-bond donors (Lipinski definition) is 2. The second-order valence-electron chi connectivity index (χ2n) is 4.40. The van der Waals surface area contributed by atoms with Crippen LogP contribution in [0, 0.1) is 5.92 Å². The van der Waals surface area contributed by atoms with Gasteiger partial charge < -0.3 is 11.1 Å². The Morgan fingerprint density at radius 1 is 1.40 bits per heavy atom. The van der Waals surface area contributed by atoms with Crippen molar-refractivity contribution in [1.82, 2.24) is 0 Å². The van der Waals surface area contributed by atoms with Crippen LogP contribution in [0.3, 0.4) is 0 Å². The molecular weight excluding hydrogens is 208 g/mol. The van der Waals surface area contributed by atoms with Crippen molar-refractivity contribution in [2.24, 2.45) is 5.92 Å². The summed E-state index contributed by atoms with van der Waals surface area (Å²) in [4.78, 5) is 0. The Balaban J connectivity index is 2.10. The number of nitrogen functional groups attached to an aromatic ring is 1. The van der Waals surface area contributed by atoms with Crippen LogP contribution in [0.5, 0.6) is 0 Å². The van der Waals surface area contributed by atoms with E-state index < -0.39 is 0 Å². The molecule has 82 valence electrons. The predicted octanol–water partition coefficient (Wildman–Crippen LogP) is 3.52. The van der Waals surface area contributed by atoms with Gasteiger partial charge in [-0.25, -0.2) is 0 Å². The molecule has 1 aromatic carbocycles. The first-order valence-electron chi connectivity index (χ1n) is 5.48. The highest BCUT2D eigenvalue weighted by Gasteiger charge is 2.23. The normalized spacial score (nSPS) is 25.5. The lowest BCUT2D eigenvalue weighted by Gasteiger charge is -2.19. The van der Waals surface area contributed by atoms with Crippen LogP contribution in [0.25, 0.3) is 0 Å². The van der Waals surface area contributed by atoms with Crippen molar-refractivity contribution in [2.45, 2.75) is 32.2 Å². The fourth-order valence-electron chi connectivity index (χ4n) is 2.21. The average molecular weight is 225 g/mol. The number of hydrogen-bond acceptors (Lipinski definition) is 2. The molecule has 0 radical (unpaired) electrons. The van der Waals surface area contributed by atoms with Crippen LogP contribution >= 0.6 is 11.6 Å². The van der Waals surface area contributed by atoms with Crippen LogP contribution in [0.2, 0.25) is 5.02 Å². The summed E-state index contributed by atoms with van der Waals surface area (Å²) in [7, 11) is 0. The van der Waals surface area contributed by atoms with Crippen LogP contribution in [0.1, 0.15) is 26.2 Å². The van der Waals surface area contributed by atoms with Gasteiger partial charge in [0.1, 0.15) is 0 Å². The third-order valence-electron chi connectivity index (χ3n) is 3.20. The average Bonchev–Trinajstić information content (AvgIpc) is 2.57. The Labute approximate surface area is 95.8 Å². The Morgan fingerprint density at radius 3 is 2.80 bits per heavy atom. The molecule has 2 rings (SSSR count). The Morgan fingerprint density at radius 2 is 2.20 bits per heavy atom. The van der Waals surface area contributed by atoms with Gasteiger partial charge in [0.2, 0.25) is 0 Å². The summed E-state index contributed by atoms with van der Waals surface area (Å²) in [6, 6.07) is 6.20. The number of halogens is 1. The summed E-state index contributed by atoms with van der Waals surface area (Å²) >= 11 is 6.11. The first-order valence-corrected chi connectivity index (χ1v) is 5.86. The molecule has 2 nitrogen and oxygen atoms in total. The zero-order chi connectivity index (χ0) is 10.8. The molecule has 0 aromatic heterocycles. The van der Waals surface area contributed by atoms with Crippen molar-refractivity contribution in [3.05, 3.63) is 23.2 Å². The molecule has 0 saturated heterocycles. The summed E-state index contributed by atoms with van der Waals surface area (Å²) in [5.74, 6) is 0.735. The van der Waals surface area contributed by atoms with E-state index in [9.17, 15) is 0 Å². The second kappa shape index (κ2) is 4.31. The maximum Gasteiger partial charge on any atom is 0.0658 e. The maximum atomic E-state index is 6.11. The molecule has 1 fully saturated rings. The molecule has 1 aliphatic rings. The lowest BCUT2D eigenvalue weighted by atomic mass is 10.1. The van der Waals surface area contributed by atoms with Gasteiger partial charge >= 0.3 is 0 Å². The van der Waals surface area contributed by atoms with Gasteiger partial charge in [-0.15, -0.1) is 0 Å².